The molecule has 16 heavy (non-hydrogen) atoms. The SMILES string of the molecule is COc1cccc(COCC2CO2)c1OC. The van der Waals surface area contributed by atoms with E-state index < -0.39 is 0 Å². The van der Waals surface area contributed by atoms with Crippen molar-refractivity contribution in [3.05, 3.63) is 23.8 Å². The zero-order valence-electron chi connectivity index (χ0n) is 9.56. The summed E-state index contributed by atoms with van der Waals surface area (Å²) in [6.07, 6.45) is 0.289. The van der Waals surface area contributed by atoms with Gasteiger partial charge in [0.1, 0.15) is 6.10 Å². The number of hydrogen-bond acceptors (Lipinski definition) is 4. The second-order valence-corrected chi connectivity index (χ2v) is 3.62. The van der Waals surface area contributed by atoms with E-state index in [2.05, 4.69) is 0 Å². The molecular weight excluding hydrogens is 208 g/mol. The third-order valence-corrected chi connectivity index (χ3v) is 2.45. The second kappa shape index (κ2) is 5.18. The number of ether oxygens (including phenoxy) is 4. The van der Waals surface area contributed by atoms with Crippen LogP contribution in [0.4, 0.5) is 0 Å². The molecule has 4 heteroatoms. The molecule has 0 radical (unpaired) electrons. The molecule has 0 amide bonds. The molecule has 1 aromatic rings. The molecule has 1 heterocycles. The Morgan fingerprint density at radius 1 is 1.31 bits per heavy atom. The predicted octanol–water partition coefficient (Wildman–Crippen LogP) is 1.62. The van der Waals surface area contributed by atoms with Crippen LogP contribution >= 0.6 is 0 Å². The zero-order chi connectivity index (χ0) is 11.4. The van der Waals surface area contributed by atoms with E-state index >= 15 is 0 Å². The van der Waals surface area contributed by atoms with Crippen LogP contribution < -0.4 is 9.47 Å². The highest BCUT2D eigenvalue weighted by atomic mass is 16.6. The lowest BCUT2D eigenvalue weighted by Crippen LogP contribution is -2.03. The average Bonchev–Trinajstić information content (AvgIpc) is 3.12. The van der Waals surface area contributed by atoms with Crippen LogP contribution in [-0.2, 0) is 16.1 Å². The Morgan fingerprint density at radius 2 is 2.12 bits per heavy atom. The van der Waals surface area contributed by atoms with Gasteiger partial charge in [-0.15, -0.1) is 0 Å². The van der Waals surface area contributed by atoms with Crippen molar-refractivity contribution in [2.24, 2.45) is 0 Å². The maximum absolute atomic E-state index is 5.53. The van der Waals surface area contributed by atoms with Gasteiger partial charge in [0.15, 0.2) is 11.5 Å². The van der Waals surface area contributed by atoms with Crippen molar-refractivity contribution in [2.75, 3.05) is 27.4 Å². The molecule has 0 aromatic heterocycles. The van der Waals surface area contributed by atoms with Gasteiger partial charge in [0, 0.05) is 5.56 Å². The van der Waals surface area contributed by atoms with Crippen LogP contribution in [-0.4, -0.2) is 33.5 Å². The van der Waals surface area contributed by atoms with E-state index in [0.29, 0.717) is 13.2 Å². The van der Waals surface area contributed by atoms with E-state index in [1.165, 1.54) is 0 Å². The van der Waals surface area contributed by atoms with Crippen molar-refractivity contribution >= 4 is 0 Å². The molecule has 1 fully saturated rings. The van der Waals surface area contributed by atoms with Crippen LogP contribution in [0.25, 0.3) is 0 Å². The van der Waals surface area contributed by atoms with E-state index in [4.69, 9.17) is 18.9 Å². The van der Waals surface area contributed by atoms with E-state index in [0.717, 1.165) is 23.7 Å². The van der Waals surface area contributed by atoms with Crippen LogP contribution in [0.1, 0.15) is 5.56 Å². The van der Waals surface area contributed by atoms with Gasteiger partial charge in [-0.3, -0.25) is 0 Å². The molecule has 1 unspecified atom stereocenters. The Morgan fingerprint density at radius 3 is 2.75 bits per heavy atom. The number of epoxide rings is 1. The minimum atomic E-state index is 0.289. The average molecular weight is 224 g/mol. The first-order valence-electron chi connectivity index (χ1n) is 5.24. The second-order valence-electron chi connectivity index (χ2n) is 3.62. The summed E-state index contributed by atoms with van der Waals surface area (Å²) in [6.45, 7) is 1.97. The van der Waals surface area contributed by atoms with Crippen LogP contribution in [0.2, 0.25) is 0 Å². The van der Waals surface area contributed by atoms with Gasteiger partial charge < -0.3 is 18.9 Å². The third kappa shape index (κ3) is 2.65. The third-order valence-electron chi connectivity index (χ3n) is 2.45. The zero-order valence-corrected chi connectivity index (χ0v) is 9.56. The molecule has 1 atom stereocenters. The molecule has 4 nitrogen and oxygen atoms in total. The van der Waals surface area contributed by atoms with Gasteiger partial charge in [-0.2, -0.15) is 0 Å². The summed E-state index contributed by atoms with van der Waals surface area (Å²) in [4.78, 5) is 0. The summed E-state index contributed by atoms with van der Waals surface area (Å²) in [6, 6.07) is 5.76. The van der Waals surface area contributed by atoms with E-state index in [9.17, 15) is 0 Å². The quantitative estimate of drug-likeness (QED) is 0.688. The van der Waals surface area contributed by atoms with Crippen molar-refractivity contribution < 1.29 is 18.9 Å². The first-order chi connectivity index (χ1) is 7.85. The number of para-hydroxylation sites is 1. The van der Waals surface area contributed by atoms with Gasteiger partial charge in [-0.05, 0) is 6.07 Å². The molecule has 0 spiro atoms. The van der Waals surface area contributed by atoms with Gasteiger partial charge >= 0.3 is 0 Å². The monoisotopic (exact) mass is 224 g/mol. The normalized spacial score (nSPS) is 18.2. The van der Waals surface area contributed by atoms with E-state index in [-0.39, 0.29) is 6.10 Å². The minimum Gasteiger partial charge on any atom is -0.493 e. The molecule has 1 aliphatic rings. The lowest BCUT2D eigenvalue weighted by Gasteiger charge is -2.12. The van der Waals surface area contributed by atoms with Crippen molar-refractivity contribution in [2.45, 2.75) is 12.7 Å². The number of rotatable bonds is 6. The van der Waals surface area contributed by atoms with Gasteiger partial charge in [0.2, 0.25) is 0 Å². The van der Waals surface area contributed by atoms with Gasteiger partial charge in [0.05, 0.1) is 34.0 Å². The van der Waals surface area contributed by atoms with Crippen molar-refractivity contribution in [1.29, 1.82) is 0 Å². The summed E-state index contributed by atoms with van der Waals surface area (Å²) in [5.74, 6) is 1.47. The van der Waals surface area contributed by atoms with Crippen molar-refractivity contribution in [3.63, 3.8) is 0 Å². The summed E-state index contributed by atoms with van der Waals surface area (Å²) >= 11 is 0. The lowest BCUT2D eigenvalue weighted by atomic mass is 10.2. The summed E-state index contributed by atoms with van der Waals surface area (Å²) in [7, 11) is 3.26. The number of hydrogen-bond donors (Lipinski definition) is 0. The smallest absolute Gasteiger partial charge is 0.166 e. The number of methoxy groups -OCH3 is 2. The molecule has 0 bridgehead atoms. The Kier molecular flexibility index (Phi) is 3.64. The molecule has 1 saturated heterocycles. The Labute approximate surface area is 95.1 Å². The van der Waals surface area contributed by atoms with Crippen molar-refractivity contribution in [1.82, 2.24) is 0 Å². The number of benzene rings is 1. The highest BCUT2D eigenvalue weighted by Gasteiger charge is 2.22. The minimum absolute atomic E-state index is 0.289. The van der Waals surface area contributed by atoms with Crippen LogP contribution in [0.5, 0.6) is 11.5 Å². The van der Waals surface area contributed by atoms with E-state index in [1.807, 2.05) is 18.2 Å². The predicted molar refractivity (Wildman–Crippen MR) is 58.9 cm³/mol. The Hall–Kier alpha value is -1.26. The molecule has 1 aromatic carbocycles. The highest BCUT2D eigenvalue weighted by molar-refractivity contribution is 5.46. The molecule has 0 saturated carbocycles. The summed E-state index contributed by atoms with van der Waals surface area (Å²) < 4.78 is 21.1. The maximum Gasteiger partial charge on any atom is 0.166 e. The topological polar surface area (TPSA) is 40.2 Å². The van der Waals surface area contributed by atoms with Crippen LogP contribution in [0.3, 0.4) is 0 Å². The van der Waals surface area contributed by atoms with Crippen molar-refractivity contribution in [3.8, 4) is 11.5 Å². The fourth-order valence-electron chi connectivity index (χ4n) is 1.53. The molecule has 88 valence electrons. The summed E-state index contributed by atoms with van der Waals surface area (Å²) in [5, 5.41) is 0. The lowest BCUT2D eigenvalue weighted by molar-refractivity contribution is 0.102. The largest absolute Gasteiger partial charge is 0.493 e. The molecule has 0 aliphatic carbocycles. The summed E-state index contributed by atoms with van der Waals surface area (Å²) in [5.41, 5.74) is 0.988. The van der Waals surface area contributed by atoms with Crippen LogP contribution in [0.15, 0.2) is 18.2 Å². The van der Waals surface area contributed by atoms with E-state index in [1.54, 1.807) is 14.2 Å². The highest BCUT2D eigenvalue weighted by Crippen LogP contribution is 2.31. The van der Waals surface area contributed by atoms with Gasteiger partial charge in [-0.25, -0.2) is 0 Å². The molecule has 2 rings (SSSR count). The molecular formula is C12H16O4. The van der Waals surface area contributed by atoms with Gasteiger partial charge in [-0.1, -0.05) is 12.1 Å². The fourth-order valence-corrected chi connectivity index (χ4v) is 1.53. The Balaban J connectivity index is 1.99. The fraction of sp³-hybridized carbons (Fsp3) is 0.500. The Bertz CT molecular complexity index is 347. The first-order valence-corrected chi connectivity index (χ1v) is 5.24. The maximum atomic E-state index is 5.53. The standard InChI is InChI=1S/C12H16O4/c1-13-11-5-3-4-9(12(11)14-2)6-15-7-10-8-16-10/h3-5,10H,6-8H2,1-2H3. The first kappa shape index (κ1) is 11.2. The molecule has 0 N–H and O–H groups in total. The molecule has 1 aliphatic heterocycles. The van der Waals surface area contributed by atoms with Crippen LogP contribution in [0, 0.1) is 0 Å². The van der Waals surface area contributed by atoms with Gasteiger partial charge in [0.25, 0.3) is 0 Å².